The Kier molecular flexibility index (Phi) is 3.23. The van der Waals surface area contributed by atoms with Gasteiger partial charge in [-0.15, -0.1) is 0 Å². The molecule has 4 heteroatoms. The maximum Gasteiger partial charge on any atom is 0.272 e. The van der Waals surface area contributed by atoms with Crippen molar-refractivity contribution in [2.24, 2.45) is 5.92 Å². The minimum atomic E-state index is -0.0649. The number of aromatic amines is 1. The summed E-state index contributed by atoms with van der Waals surface area (Å²) >= 11 is 0. The lowest BCUT2D eigenvalue weighted by molar-refractivity contribution is 0.0929. The molecule has 0 radical (unpaired) electrons. The summed E-state index contributed by atoms with van der Waals surface area (Å²) in [5, 5.41) is 11.0. The van der Waals surface area contributed by atoms with Crippen LogP contribution in [0.25, 0.3) is 10.9 Å². The van der Waals surface area contributed by atoms with E-state index in [0.717, 1.165) is 29.7 Å². The average molecular weight is 257 g/mol. The first-order valence-corrected chi connectivity index (χ1v) is 7.02. The van der Waals surface area contributed by atoms with E-state index in [9.17, 15) is 4.79 Å². The van der Waals surface area contributed by atoms with Crippen LogP contribution >= 0.6 is 0 Å². The van der Waals surface area contributed by atoms with Crippen LogP contribution in [0, 0.1) is 5.92 Å². The molecule has 1 aromatic carbocycles. The Morgan fingerprint density at radius 1 is 1.47 bits per heavy atom. The van der Waals surface area contributed by atoms with Crippen molar-refractivity contribution < 1.29 is 4.79 Å². The van der Waals surface area contributed by atoms with Crippen molar-refractivity contribution in [1.29, 1.82) is 0 Å². The molecular weight excluding hydrogens is 238 g/mol. The summed E-state index contributed by atoms with van der Waals surface area (Å²) in [5.74, 6) is 0.756. The maximum absolute atomic E-state index is 12.3. The number of H-pyrrole nitrogens is 1. The smallest absolute Gasteiger partial charge is 0.272 e. The second kappa shape index (κ2) is 5.03. The van der Waals surface area contributed by atoms with Crippen LogP contribution in [-0.2, 0) is 0 Å². The Morgan fingerprint density at radius 2 is 2.26 bits per heavy atom. The quantitative estimate of drug-likeness (QED) is 0.865. The molecule has 0 spiro atoms. The Morgan fingerprint density at radius 3 is 3.00 bits per heavy atom. The van der Waals surface area contributed by atoms with Gasteiger partial charge in [-0.25, -0.2) is 0 Å². The minimum absolute atomic E-state index is 0.0649. The summed E-state index contributed by atoms with van der Waals surface area (Å²) in [6.07, 6.45) is 4.71. The number of carbonyl (C=O) groups is 1. The first-order valence-electron chi connectivity index (χ1n) is 7.02. The lowest BCUT2D eigenvalue weighted by Gasteiger charge is -2.15. The predicted octanol–water partition coefficient (Wildman–Crippen LogP) is 2.87. The van der Waals surface area contributed by atoms with Crippen LogP contribution in [-0.4, -0.2) is 22.1 Å². The van der Waals surface area contributed by atoms with Gasteiger partial charge in [0.1, 0.15) is 0 Å². The number of fused-ring (bicyclic) bond motifs is 1. The van der Waals surface area contributed by atoms with Crippen molar-refractivity contribution in [3.05, 3.63) is 30.0 Å². The third kappa shape index (κ3) is 2.62. The largest absolute Gasteiger partial charge is 0.348 e. The van der Waals surface area contributed by atoms with Gasteiger partial charge in [0.05, 0.1) is 5.52 Å². The molecule has 1 heterocycles. The van der Waals surface area contributed by atoms with Gasteiger partial charge in [-0.1, -0.05) is 38.0 Å². The molecule has 1 saturated carbocycles. The molecule has 1 aliphatic carbocycles. The summed E-state index contributed by atoms with van der Waals surface area (Å²) in [4.78, 5) is 12.3. The number of hydrogen-bond acceptors (Lipinski definition) is 2. The van der Waals surface area contributed by atoms with Crippen molar-refractivity contribution in [3.8, 4) is 0 Å². The van der Waals surface area contributed by atoms with Gasteiger partial charge in [-0.2, -0.15) is 5.10 Å². The van der Waals surface area contributed by atoms with Gasteiger partial charge < -0.3 is 5.32 Å². The number of benzene rings is 1. The number of carbonyl (C=O) groups excluding carboxylic acids is 1. The molecule has 1 fully saturated rings. The fourth-order valence-electron chi connectivity index (χ4n) is 2.47. The molecule has 0 aliphatic heterocycles. The van der Waals surface area contributed by atoms with Gasteiger partial charge in [0.15, 0.2) is 5.69 Å². The van der Waals surface area contributed by atoms with Gasteiger partial charge in [0.2, 0.25) is 0 Å². The normalized spacial score (nSPS) is 16.5. The molecule has 100 valence electrons. The van der Waals surface area contributed by atoms with Crippen molar-refractivity contribution >= 4 is 16.8 Å². The lowest BCUT2D eigenvalue weighted by Crippen LogP contribution is -2.35. The Bertz CT molecular complexity index is 586. The number of nitrogens with zero attached hydrogens (tertiary/aromatic N) is 1. The highest BCUT2D eigenvalue weighted by Gasteiger charge is 2.26. The summed E-state index contributed by atoms with van der Waals surface area (Å²) in [7, 11) is 0. The van der Waals surface area contributed by atoms with E-state index in [4.69, 9.17) is 0 Å². The van der Waals surface area contributed by atoms with Gasteiger partial charge in [-0.05, 0) is 24.8 Å². The highest BCUT2D eigenvalue weighted by molar-refractivity contribution is 6.04. The van der Waals surface area contributed by atoms with Crippen molar-refractivity contribution in [2.75, 3.05) is 0 Å². The van der Waals surface area contributed by atoms with Crippen LogP contribution < -0.4 is 5.32 Å². The molecule has 1 atom stereocenters. The number of amides is 1. The van der Waals surface area contributed by atoms with Crippen LogP contribution in [0.2, 0.25) is 0 Å². The van der Waals surface area contributed by atoms with E-state index < -0.39 is 0 Å². The first-order chi connectivity index (χ1) is 9.28. The first kappa shape index (κ1) is 12.2. The molecular formula is C15H19N3O. The van der Waals surface area contributed by atoms with Crippen LogP contribution in [0.15, 0.2) is 24.3 Å². The van der Waals surface area contributed by atoms with E-state index in [1.165, 1.54) is 12.8 Å². The Balaban J connectivity index is 1.75. The summed E-state index contributed by atoms with van der Waals surface area (Å²) in [5.41, 5.74) is 1.41. The number of hydrogen-bond donors (Lipinski definition) is 2. The zero-order chi connectivity index (χ0) is 13.2. The van der Waals surface area contributed by atoms with Crippen LogP contribution in [0.5, 0.6) is 0 Å². The molecule has 2 N–H and O–H groups in total. The Labute approximate surface area is 112 Å². The minimum Gasteiger partial charge on any atom is -0.348 e. The number of rotatable bonds is 5. The standard InChI is InChI=1S/C15H19N3O/c1-2-11(9-10-7-8-10)16-15(19)14-12-5-3-4-6-13(12)17-18-14/h3-6,10-11H,2,7-9H2,1H3,(H,16,19)(H,17,18). The number of aromatic nitrogens is 2. The molecule has 0 saturated heterocycles. The van der Waals surface area contributed by atoms with E-state index >= 15 is 0 Å². The van der Waals surface area contributed by atoms with Crippen molar-refractivity contribution in [2.45, 2.75) is 38.6 Å². The summed E-state index contributed by atoms with van der Waals surface area (Å²) in [6.45, 7) is 2.12. The SMILES string of the molecule is CCC(CC1CC1)NC(=O)c1n[nH]c2ccccc12. The highest BCUT2D eigenvalue weighted by atomic mass is 16.2. The molecule has 1 aliphatic rings. The van der Waals surface area contributed by atoms with Crippen LogP contribution in [0.1, 0.15) is 43.1 Å². The fourth-order valence-corrected chi connectivity index (χ4v) is 2.47. The molecule has 3 rings (SSSR count). The van der Waals surface area contributed by atoms with Gasteiger partial charge in [-0.3, -0.25) is 9.89 Å². The van der Waals surface area contributed by atoms with Gasteiger partial charge in [0, 0.05) is 11.4 Å². The van der Waals surface area contributed by atoms with Gasteiger partial charge in [0.25, 0.3) is 5.91 Å². The third-order valence-corrected chi connectivity index (χ3v) is 3.83. The molecule has 0 bridgehead atoms. The van der Waals surface area contributed by atoms with Crippen molar-refractivity contribution in [1.82, 2.24) is 15.5 Å². The number of para-hydroxylation sites is 1. The molecule has 1 unspecified atom stereocenters. The van der Waals surface area contributed by atoms with Gasteiger partial charge >= 0.3 is 0 Å². The van der Waals surface area contributed by atoms with E-state index in [-0.39, 0.29) is 11.9 Å². The fraction of sp³-hybridized carbons (Fsp3) is 0.467. The second-order valence-corrected chi connectivity index (χ2v) is 5.38. The van der Waals surface area contributed by atoms with E-state index in [2.05, 4.69) is 22.4 Å². The average Bonchev–Trinajstić information content (AvgIpc) is 3.14. The predicted molar refractivity (Wildman–Crippen MR) is 75.0 cm³/mol. The van der Waals surface area contributed by atoms with Crippen LogP contribution in [0.3, 0.4) is 0 Å². The molecule has 1 amide bonds. The molecule has 1 aromatic heterocycles. The molecule has 4 nitrogen and oxygen atoms in total. The topological polar surface area (TPSA) is 57.8 Å². The lowest BCUT2D eigenvalue weighted by atomic mass is 10.1. The molecule has 19 heavy (non-hydrogen) atoms. The zero-order valence-electron chi connectivity index (χ0n) is 11.1. The molecule has 2 aromatic rings. The monoisotopic (exact) mass is 257 g/mol. The third-order valence-electron chi connectivity index (χ3n) is 3.83. The maximum atomic E-state index is 12.3. The highest BCUT2D eigenvalue weighted by Crippen LogP contribution is 2.34. The van der Waals surface area contributed by atoms with Crippen molar-refractivity contribution in [3.63, 3.8) is 0 Å². The van der Waals surface area contributed by atoms with Crippen LogP contribution in [0.4, 0.5) is 0 Å². The van der Waals surface area contributed by atoms with E-state index in [1.54, 1.807) is 0 Å². The second-order valence-electron chi connectivity index (χ2n) is 5.38. The zero-order valence-corrected chi connectivity index (χ0v) is 11.1. The number of nitrogens with one attached hydrogen (secondary N) is 2. The summed E-state index contributed by atoms with van der Waals surface area (Å²) < 4.78 is 0. The van der Waals surface area contributed by atoms with E-state index in [0.29, 0.717) is 5.69 Å². The Hall–Kier alpha value is -1.84. The van der Waals surface area contributed by atoms with E-state index in [1.807, 2.05) is 24.3 Å². The summed E-state index contributed by atoms with van der Waals surface area (Å²) in [6, 6.07) is 7.99.